The van der Waals surface area contributed by atoms with Crippen molar-refractivity contribution in [2.45, 2.75) is 13.3 Å². The Bertz CT molecular complexity index is 851. The maximum absolute atomic E-state index is 13.0. The molecule has 0 aliphatic carbocycles. The second kappa shape index (κ2) is 7.35. The van der Waals surface area contributed by atoms with Gasteiger partial charge in [0.25, 0.3) is 0 Å². The van der Waals surface area contributed by atoms with Crippen LogP contribution in [0.2, 0.25) is 0 Å². The average Bonchev–Trinajstić information content (AvgIpc) is 2.97. The Morgan fingerprint density at radius 1 is 1.08 bits per heavy atom. The molecular formula is C19H18FN3O3. The smallest absolute Gasteiger partial charge is 0.229 e. The third-order valence-electron chi connectivity index (χ3n) is 4.08. The van der Waals surface area contributed by atoms with Crippen LogP contribution in [-0.4, -0.2) is 24.3 Å². The molecule has 2 N–H and O–H groups in total. The minimum Gasteiger partial charge on any atom is -0.326 e. The first-order chi connectivity index (χ1) is 12.4. The van der Waals surface area contributed by atoms with Gasteiger partial charge in [-0.3, -0.25) is 14.4 Å². The molecule has 0 radical (unpaired) electrons. The molecule has 1 saturated heterocycles. The summed E-state index contributed by atoms with van der Waals surface area (Å²) in [5.74, 6) is -1.54. The molecule has 7 heteroatoms. The molecule has 1 aliphatic rings. The molecule has 2 aromatic rings. The van der Waals surface area contributed by atoms with E-state index in [9.17, 15) is 18.8 Å². The normalized spacial score (nSPS) is 16.5. The van der Waals surface area contributed by atoms with Crippen molar-refractivity contribution in [3.63, 3.8) is 0 Å². The number of carbonyl (C=O) groups is 3. The van der Waals surface area contributed by atoms with Crippen LogP contribution in [0.3, 0.4) is 0 Å². The number of nitrogens with zero attached hydrogens (tertiary/aromatic N) is 1. The molecule has 1 fully saturated rings. The van der Waals surface area contributed by atoms with Crippen molar-refractivity contribution in [2.75, 3.05) is 22.1 Å². The van der Waals surface area contributed by atoms with Crippen molar-refractivity contribution in [3.05, 3.63) is 54.3 Å². The van der Waals surface area contributed by atoms with E-state index in [4.69, 9.17) is 0 Å². The first kappa shape index (κ1) is 17.6. The molecule has 6 nitrogen and oxygen atoms in total. The summed E-state index contributed by atoms with van der Waals surface area (Å²) in [5, 5.41) is 5.41. The average molecular weight is 355 g/mol. The molecule has 134 valence electrons. The second-order valence-corrected chi connectivity index (χ2v) is 6.13. The molecular weight excluding hydrogens is 337 g/mol. The van der Waals surface area contributed by atoms with E-state index in [0.717, 1.165) is 0 Å². The van der Waals surface area contributed by atoms with Gasteiger partial charge in [0, 0.05) is 37.0 Å². The molecule has 1 unspecified atom stereocenters. The third-order valence-corrected chi connectivity index (χ3v) is 4.08. The molecule has 1 aliphatic heterocycles. The lowest BCUT2D eigenvalue weighted by Gasteiger charge is -2.16. The van der Waals surface area contributed by atoms with Gasteiger partial charge in [0.05, 0.1) is 5.92 Å². The van der Waals surface area contributed by atoms with Crippen LogP contribution in [0.25, 0.3) is 0 Å². The largest absolute Gasteiger partial charge is 0.326 e. The lowest BCUT2D eigenvalue weighted by molar-refractivity contribution is -0.122. The molecule has 3 amide bonds. The van der Waals surface area contributed by atoms with Crippen molar-refractivity contribution in [3.8, 4) is 0 Å². The summed E-state index contributed by atoms with van der Waals surface area (Å²) < 4.78 is 13.0. The van der Waals surface area contributed by atoms with E-state index in [1.807, 2.05) is 0 Å². The fraction of sp³-hybridized carbons (Fsp3) is 0.211. The standard InChI is InChI=1S/C19H18FN3O3/c1-12(24)21-15-3-2-4-16(10-15)22-19(26)13-9-18(25)23(11-13)17-7-5-14(20)6-8-17/h2-8,10,13H,9,11H2,1H3,(H,21,24)(H,22,26). The van der Waals surface area contributed by atoms with Crippen molar-refractivity contribution in [2.24, 2.45) is 5.92 Å². The summed E-state index contributed by atoms with van der Waals surface area (Å²) in [7, 11) is 0. The van der Waals surface area contributed by atoms with E-state index in [0.29, 0.717) is 17.1 Å². The lowest BCUT2D eigenvalue weighted by Crippen LogP contribution is -2.28. The Hall–Kier alpha value is -3.22. The predicted molar refractivity (Wildman–Crippen MR) is 96.2 cm³/mol. The van der Waals surface area contributed by atoms with Crippen LogP contribution in [0.5, 0.6) is 0 Å². The first-order valence-electron chi connectivity index (χ1n) is 8.17. The quantitative estimate of drug-likeness (QED) is 0.885. The SMILES string of the molecule is CC(=O)Nc1cccc(NC(=O)C2CC(=O)N(c3ccc(F)cc3)C2)c1. The summed E-state index contributed by atoms with van der Waals surface area (Å²) in [6, 6.07) is 12.4. The Kier molecular flexibility index (Phi) is 4.97. The molecule has 1 heterocycles. The fourth-order valence-corrected chi connectivity index (χ4v) is 2.88. The number of hydrogen-bond acceptors (Lipinski definition) is 3. The minimum atomic E-state index is -0.503. The van der Waals surface area contributed by atoms with E-state index in [2.05, 4.69) is 10.6 Å². The zero-order valence-electron chi connectivity index (χ0n) is 14.2. The van der Waals surface area contributed by atoms with Gasteiger partial charge < -0.3 is 15.5 Å². The van der Waals surface area contributed by atoms with Gasteiger partial charge in [-0.2, -0.15) is 0 Å². The minimum absolute atomic E-state index is 0.0919. The number of rotatable bonds is 4. The van der Waals surface area contributed by atoms with E-state index in [1.165, 1.54) is 36.1 Å². The highest BCUT2D eigenvalue weighted by atomic mass is 19.1. The van der Waals surface area contributed by atoms with Crippen LogP contribution in [0.1, 0.15) is 13.3 Å². The Labute approximate surface area is 150 Å². The van der Waals surface area contributed by atoms with Crippen molar-refractivity contribution < 1.29 is 18.8 Å². The van der Waals surface area contributed by atoms with Crippen LogP contribution in [-0.2, 0) is 14.4 Å². The van der Waals surface area contributed by atoms with E-state index >= 15 is 0 Å². The van der Waals surface area contributed by atoms with Gasteiger partial charge in [-0.25, -0.2) is 4.39 Å². The number of carbonyl (C=O) groups excluding carboxylic acids is 3. The second-order valence-electron chi connectivity index (χ2n) is 6.13. The number of amides is 3. The Balaban J connectivity index is 1.66. The molecule has 0 spiro atoms. The molecule has 0 aromatic heterocycles. The molecule has 2 aromatic carbocycles. The van der Waals surface area contributed by atoms with Gasteiger partial charge in [-0.1, -0.05) is 6.07 Å². The maximum Gasteiger partial charge on any atom is 0.229 e. The number of halogens is 1. The highest BCUT2D eigenvalue weighted by Gasteiger charge is 2.35. The first-order valence-corrected chi connectivity index (χ1v) is 8.17. The summed E-state index contributed by atoms with van der Waals surface area (Å²) in [6.07, 6.45) is 0.0919. The van der Waals surface area contributed by atoms with Crippen molar-refractivity contribution >= 4 is 34.8 Å². The van der Waals surface area contributed by atoms with Crippen LogP contribution >= 0.6 is 0 Å². The summed E-state index contributed by atoms with van der Waals surface area (Å²) in [4.78, 5) is 37.3. The van der Waals surface area contributed by atoms with Crippen LogP contribution in [0, 0.1) is 11.7 Å². The highest BCUT2D eigenvalue weighted by Crippen LogP contribution is 2.26. The van der Waals surface area contributed by atoms with E-state index in [1.54, 1.807) is 24.3 Å². The van der Waals surface area contributed by atoms with Gasteiger partial charge in [0.1, 0.15) is 5.82 Å². The zero-order chi connectivity index (χ0) is 18.7. The van der Waals surface area contributed by atoms with Gasteiger partial charge in [-0.05, 0) is 42.5 Å². The van der Waals surface area contributed by atoms with E-state index in [-0.39, 0.29) is 36.5 Å². The predicted octanol–water partition coefficient (Wildman–Crippen LogP) is 2.78. The Morgan fingerprint density at radius 2 is 1.73 bits per heavy atom. The van der Waals surface area contributed by atoms with Crippen molar-refractivity contribution in [1.29, 1.82) is 0 Å². The van der Waals surface area contributed by atoms with Gasteiger partial charge in [0.2, 0.25) is 17.7 Å². The number of anilines is 3. The summed E-state index contributed by atoms with van der Waals surface area (Å²) >= 11 is 0. The molecule has 26 heavy (non-hydrogen) atoms. The summed E-state index contributed by atoms with van der Waals surface area (Å²) in [6.45, 7) is 1.64. The van der Waals surface area contributed by atoms with Gasteiger partial charge in [0.15, 0.2) is 0 Å². The molecule has 0 bridgehead atoms. The molecule has 1 atom stereocenters. The number of nitrogens with one attached hydrogen (secondary N) is 2. The van der Waals surface area contributed by atoms with Crippen LogP contribution in [0.15, 0.2) is 48.5 Å². The van der Waals surface area contributed by atoms with Gasteiger partial charge >= 0.3 is 0 Å². The van der Waals surface area contributed by atoms with Gasteiger partial charge in [-0.15, -0.1) is 0 Å². The highest BCUT2D eigenvalue weighted by molar-refractivity contribution is 6.03. The van der Waals surface area contributed by atoms with Crippen LogP contribution < -0.4 is 15.5 Å². The third kappa shape index (κ3) is 4.05. The molecule has 0 saturated carbocycles. The molecule has 3 rings (SSSR count). The monoisotopic (exact) mass is 355 g/mol. The fourth-order valence-electron chi connectivity index (χ4n) is 2.88. The number of hydrogen-bond donors (Lipinski definition) is 2. The van der Waals surface area contributed by atoms with Crippen molar-refractivity contribution in [1.82, 2.24) is 0 Å². The summed E-state index contributed by atoms with van der Waals surface area (Å²) in [5.41, 5.74) is 1.68. The maximum atomic E-state index is 13.0. The lowest BCUT2D eigenvalue weighted by atomic mass is 10.1. The number of benzene rings is 2. The topological polar surface area (TPSA) is 78.5 Å². The van der Waals surface area contributed by atoms with E-state index < -0.39 is 5.92 Å². The zero-order valence-corrected chi connectivity index (χ0v) is 14.2. The van der Waals surface area contributed by atoms with Crippen LogP contribution in [0.4, 0.5) is 21.5 Å². The Morgan fingerprint density at radius 3 is 2.38 bits per heavy atom.